The third-order valence-electron chi connectivity index (χ3n) is 4.61. The van der Waals surface area contributed by atoms with Crippen molar-refractivity contribution in [2.45, 2.75) is 26.2 Å². The van der Waals surface area contributed by atoms with E-state index in [1.807, 2.05) is 16.8 Å². The first-order valence-corrected chi connectivity index (χ1v) is 9.28. The number of aromatic nitrogens is 2. The summed E-state index contributed by atoms with van der Waals surface area (Å²) < 4.78 is 1.99. The fraction of sp³-hybridized carbons (Fsp3) is 0.250. The van der Waals surface area contributed by atoms with Crippen molar-refractivity contribution in [3.8, 4) is 16.9 Å². The highest BCUT2D eigenvalue weighted by Crippen LogP contribution is 2.39. The molecule has 0 bridgehead atoms. The van der Waals surface area contributed by atoms with Crippen LogP contribution in [0.25, 0.3) is 16.9 Å². The number of benzene rings is 2. The van der Waals surface area contributed by atoms with E-state index in [4.69, 9.17) is 28.3 Å². The summed E-state index contributed by atoms with van der Waals surface area (Å²) in [7, 11) is 0. The molecule has 0 unspecified atom stereocenters. The number of hydrogen-bond donors (Lipinski definition) is 1. The molecule has 1 aromatic heterocycles. The van der Waals surface area contributed by atoms with Crippen LogP contribution in [-0.2, 0) is 6.42 Å². The van der Waals surface area contributed by atoms with E-state index in [9.17, 15) is 0 Å². The molecule has 1 N–H and O–H groups in total. The maximum absolute atomic E-state index is 6.49. The maximum atomic E-state index is 6.49. The summed E-state index contributed by atoms with van der Waals surface area (Å²) in [5, 5.41) is 9.59. The van der Waals surface area contributed by atoms with Gasteiger partial charge in [0.2, 0.25) is 0 Å². The van der Waals surface area contributed by atoms with Gasteiger partial charge in [-0.25, -0.2) is 4.68 Å². The van der Waals surface area contributed by atoms with Crippen molar-refractivity contribution in [3.63, 3.8) is 0 Å². The van der Waals surface area contributed by atoms with Crippen LogP contribution in [0.4, 0.5) is 5.82 Å². The smallest absolute Gasteiger partial charge is 0.133 e. The summed E-state index contributed by atoms with van der Waals surface area (Å²) in [4.78, 5) is 0. The lowest BCUT2D eigenvalue weighted by Gasteiger charge is -2.09. The molecule has 25 heavy (non-hydrogen) atoms. The van der Waals surface area contributed by atoms with Crippen molar-refractivity contribution >= 4 is 29.0 Å². The Morgan fingerprint density at radius 1 is 1.04 bits per heavy atom. The van der Waals surface area contributed by atoms with Gasteiger partial charge in [0.05, 0.1) is 21.4 Å². The Bertz CT molecular complexity index is 913. The average molecular weight is 372 g/mol. The molecule has 0 spiro atoms. The second kappa shape index (κ2) is 6.74. The molecule has 0 radical (unpaired) electrons. The lowest BCUT2D eigenvalue weighted by Crippen LogP contribution is -2.07. The van der Waals surface area contributed by atoms with E-state index in [-0.39, 0.29) is 0 Å². The molecular weight excluding hydrogens is 353 g/mol. The number of fused-ring (bicyclic) bond motifs is 1. The van der Waals surface area contributed by atoms with Gasteiger partial charge in [0.15, 0.2) is 0 Å². The zero-order valence-corrected chi connectivity index (χ0v) is 15.5. The molecule has 5 heteroatoms. The minimum atomic E-state index is 0.555. The maximum Gasteiger partial charge on any atom is 0.133 e. The highest BCUT2D eigenvalue weighted by Gasteiger charge is 2.23. The van der Waals surface area contributed by atoms with Crippen molar-refractivity contribution in [1.29, 1.82) is 0 Å². The monoisotopic (exact) mass is 371 g/mol. The van der Waals surface area contributed by atoms with Gasteiger partial charge in [-0.1, -0.05) is 53.0 Å². The summed E-state index contributed by atoms with van der Waals surface area (Å²) >= 11 is 12.7. The minimum absolute atomic E-state index is 0.555. The molecule has 0 saturated heterocycles. The summed E-state index contributed by atoms with van der Waals surface area (Å²) in [6, 6.07) is 14.1. The van der Waals surface area contributed by atoms with Gasteiger partial charge in [0, 0.05) is 17.7 Å². The Hall–Kier alpha value is -1.97. The highest BCUT2D eigenvalue weighted by atomic mass is 35.5. The third kappa shape index (κ3) is 3.03. The van der Waals surface area contributed by atoms with E-state index in [1.165, 1.54) is 11.1 Å². The highest BCUT2D eigenvalue weighted by molar-refractivity contribution is 6.43. The standard InChI is InChI=1S/C20H19Cl2N3/c1-13-8-10-14(11-9-13)25-20-16(5-2-3-12-23-20)19(24-25)15-6-4-7-17(21)18(15)22/h4,6-11,23H,2-3,5,12H2,1H3. The quantitative estimate of drug-likeness (QED) is 0.607. The summed E-state index contributed by atoms with van der Waals surface area (Å²) in [5.74, 6) is 1.06. The van der Waals surface area contributed by atoms with Crippen LogP contribution in [0.1, 0.15) is 24.0 Å². The summed E-state index contributed by atoms with van der Waals surface area (Å²) in [5.41, 5.74) is 5.29. The Labute approximate surface area is 157 Å². The third-order valence-corrected chi connectivity index (χ3v) is 5.43. The van der Waals surface area contributed by atoms with E-state index < -0.39 is 0 Å². The van der Waals surface area contributed by atoms with Gasteiger partial charge in [-0.3, -0.25) is 0 Å². The topological polar surface area (TPSA) is 29.9 Å². The first-order chi connectivity index (χ1) is 12.1. The van der Waals surface area contributed by atoms with E-state index in [0.29, 0.717) is 10.0 Å². The predicted octanol–water partition coefficient (Wildman–Crippen LogP) is 5.90. The number of aryl methyl sites for hydroxylation is 1. The number of rotatable bonds is 2. The van der Waals surface area contributed by atoms with Crippen LogP contribution >= 0.6 is 23.2 Å². The zero-order valence-electron chi connectivity index (χ0n) is 14.0. The van der Waals surface area contributed by atoms with Crippen molar-refractivity contribution in [2.75, 3.05) is 11.9 Å². The molecule has 128 valence electrons. The number of anilines is 1. The molecule has 0 fully saturated rings. The number of nitrogens with zero attached hydrogens (tertiary/aromatic N) is 2. The molecule has 0 amide bonds. The second-order valence-corrected chi connectivity index (χ2v) is 7.19. The van der Waals surface area contributed by atoms with Crippen LogP contribution < -0.4 is 5.32 Å². The largest absolute Gasteiger partial charge is 0.370 e. The van der Waals surface area contributed by atoms with Gasteiger partial charge in [0.1, 0.15) is 5.82 Å². The SMILES string of the molecule is Cc1ccc(-n2nc(-c3cccc(Cl)c3Cl)c3c2NCCCC3)cc1. The van der Waals surface area contributed by atoms with Crippen molar-refractivity contribution in [1.82, 2.24) is 9.78 Å². The van der Waals surface area contributed by atoms with Gasteiger partial charge < -0.3 is 5.32 Å². The summed E-state index contributed by atoms with van der Waals surface area (Å²) in [6.45, 7) is 3.04. The Morgan fingerprint density at radius 2 is 1.84 bits per heavy atom. The van der Waals surface area contributed by atoms with Crippen molar-refractivity contribution in [3.05, 3.63) is 63.6 Å². The summed E-state index contributed by atoms with van der Waals surface area (Å²) in [6.07, 6.45) is 3.25. The first-order valence-electron chi connectivity index (χ1n) is 8.52. The van der Waals surface area contributed by atoms with Crippen LogP contribution in [0.5, 0.6) is 0 Å². The van der Waals surface area contributed by atoms with E-state index >= 15 is 0 Å². The van der Waals surface area contributed by atoms with Crippen LogP contribution in [0, 0.1) is 6.92 Å². The van der Waals surface area contributed by atoms with Crippen molar-refractivity contribution < 1.29 is 0 Å². The molecule has 1 aliphatic rings. The van der Waals surface area contributed by atoms with E-state index in [2.05, 4.69) is 36.5 Å². The molecule has 1 aliphatic heterocycles. The fourth-order valence-electron chi connectivity index (χ4n) is 3.28. The normalized spacial score (nSPS) is 13.9. The van der Waals surface area contributed by atoms with Gasteiger partial charge in [-0.05, 0) is 44.4 Å². The predicted molar refractivity (Wildman–Crippen MR) is 105 cm³/mol. The fourth-order valence-corrected chi connectivity index (χ4v) is 3.67. The molecular formula is C20H19Cl2N3. The number of nitrogens with one attached hydrogen (secondary N) is 1. The van der Waals surface area contributed by atoms with Gasteiger partial charge in [-0.2, -0.15) is 5.10 Å². The molecule has 0 aliphatic carbocycles. The lowest BCUT2D eigenvalue weighted by atomic mass is 10.0. The van der Waals surface area contributed by atoms with Gasteiger partial charge in [-0.15, -0.1) is 0 Å². The lowest BCUT2D eigenvalue weighted by molar-refractivity contribution is 0.780. The molecule has 3 nitrogen and oxygen atoms in total. The van der Waals surface area contributed by atoms with E-state index in [0.717, 1.165) is 48.6 Å². The van der Waals surface area contributed by atoms with Crippen LogP contribution in [0.2, 0.25) is 10.0 Å². The van der Waals surface area contributed by atoms with Crippen molar-refractivity contribution in [2.24, 2.45) is 0 Å². The first kappa shape index (κ1) is 16.5. The zero-order chi connectivity index (χ0) is 17.4. The number of halogens is 2. The van der Waals surface area contributed by atoms with Crippen LogP contribution in [0.15, 0.2) is 42.5 Å². The molecule has 2 heterocycles. The van der Waals surface area contributed by atoms with Crippen LogP contribution in [-0.4, -0.2) is 16.3 Å². The van der Waals surface area contributed by atoms with E-state index in [1.54, 1.807) is 6.07 Å². The Balaban J connectivity index is 1.93. The molecule has 0 saturated carbocycles. The second-order valence-electron chi connectivity index (χ2n) is 6.41. The minimum Gasteiger partial charge on any atom is -0.370 e. The molecule has 0 atom stereocenters. The molecule has 4 rings (SSSR count). The average Bonchev–Trinajstić information content (AvgIpc) is 2.80. The van der Waals surface area contributed by atoms with Gasteiger partial charge in [0.25, 0.3) is 0 Å². The molecule has 2 aromatic carbocycles. The Morgan fingerprint density at radius 3 is 2.64 bits per heavy atom. The van der Waals surface area contributed by atoms with Gasteiger partial charge >= 0.3 is 0 Å². The van der Waals surface area contributed by atoms with Crippen LogP contribution in [0.3, 0.4) is 0 Å². The number of hydrogen-bond acceptors (Lipinski definition) is 2. The Kier molecular flexibility index (Phi) is 4.45. The molecule has 3 aromatic rings.